The lowest BCUT2D eigenvalue weighted by molar-refractivity contribution is 0.508. The average molecular weight is 253 g/mol. The zero-order valence-corrected chi connectivity index (χ0v) is 11.3. The fourth-order valence-electron chi connectivity index (χ4n) is 1.64. The Morgan fingerprint density at radius 2 is 2.00 bits per heavy atom. The van der Waals surface area contributed by atoms with E-state index in [-0.39, 0.29) is 0 Å². The zero-order valence-electron chi connectivity index (χ0n) is 11.3. The van der Waals surface area contributed by atoms with Crippen LogP contribution in [0.15, 0.2) is 24.3 Å². The van der Waals surface area contributed by atoms with Crippen LogP contribution >= 0.6 is 0 Å². The molecule has 0 bridgehead atoms. The van der Waals surface area contributed by atoms with Crippen molar-refractivity contribution in [2.24, 2.45) is 5.92 Å². The van der Waals surface area contributed by atoms with Gasteiger partial charge in [-0.15, -0.1) is 0 Å². The van der Waals surface area contributed by atoms with Crippen molar-refractivity contribution in [2.45, 2.75) is 27.2 Å². The molecule has 0 heterocycles. The predicted molar refractivity (Wildman–Crippen MR) is 72.3 cm³/mol. The molecule has 0 aromatic heterocycles. The molecular weight excluding hydrogens is 232 g/mol. The summed E-state index contributed by atoms with van der Waals surface area (Å²) in [5.41, 5.74) is 1.71. The first-order valence-corrected chi connectivity index (χ1v) is 6.33. The van der Waals surface area contributed by atoms with Gasteiger partial charge in [-0.3, -0.25) is 0 Å². The molecule has 0 aliphatic rings. The van der Waals surface area contributed by atoms with E-state index in [1.54, 1.807) is 6.07 Å². The lowest BCUT2D eigenvalue weighted by Gasteiger charge is -2.06. The normalized spacial score (nSPS) is 12.2. The fourth-order valence-corrected chi connectivity index (χ4v) is 1.64. The first-order valence-electron chi connectivity index (χ1n) is 6.33. The maximum absolute atomic E-state index is 13.1. The minimum Gasteiger partial charge on any atom is -0.316 e. The Kier molecular flexibility index (Phi) is 5.99. The van der Waals surface area contributed by atoms with Gasteiger partial charge in [0.2, 0.25) is 0 Å². The van der Waals surface area contributed by atoms with Crippen LogP contribution in [0.2, 0.25) is 0 Å². The van der Waals surface area contributed by atoms with Gasteiger partial charge in [-0.2, -0.15) is 0 Å². The highest BCUT2D eigenvalue weighted by molar-refractivity contribution is 5.63. The van der Waals surface area contributed by atoms with E-state index >= 15 is 0 Å². The van der Waals surface area contributed by atoms with Gasteiger partial charge in [-0.1, -0.05) is 26.0 Å². The van der Waals surface area contributed by atoms with Crippen LogP contribution in [0.4, 0.5) is 8.78 Å². The van der Waals surface area contributed by atoms with Crippen molar-refractivity contribution in [3.8, 4) is 0 Å². The van der Waals surface area contributed by atoms with Crippen molar-refractivity contribution in [1.82, 2.24) is 5.32 Å². The Balaban J connectivity index is 2.47. The first kappa shape index (κ1) is 14.8. The van der Waals surface area contributed by atoms with Gasteiger partial charge < -0.3 is 5.32 Å². The highest BCUT2D eigenvalue weighted by Gasteiger charge is 2.03. The molecule has 1 aromatic carbocycles. The number of halogens is 2. The van der Waals surface area contributed by atoms with E-state index in [4.69, 9.17) is 0 Å². The summed E-state index contributed by atoms with van der Waals surface area (Å²) in [5, 5.41) is 3.33. The van der Waals surface area contributed by atoms with Gasteiger partial charge in [0.1, 0.15) is 0 Å². The Bertz CT molecular complexity index is 411. The van der Waals surface area contributed by atoms with Gasteiger partial charge in [0.15, 0.2) is 11.6 Å². The second-order valence-corrected chi connectivity index (χ2v) is 4.90. The third-order valence-electron chi connectivity index (χ3n) is 2.70. The van der Waals surface area contributed by atoms with Crippen molar-refractivity contribution >= 4 is 5.57 Å². The summed E-state index contributed by atoms with van der Waals surface area (Å²) in [4.78, 5) is 0. The number of hydrogen-bond donors (Lipinski definition) is 1. The van der Waals surface area contributed by atoms with Crippen LogP contribution < -0.4 is 5.32 Å². The van der Waals surface area contributed by atoms with Gasteiger partial charge in [0, 0.05) is 0 Å². The molecule has 18 heavy (non-hydrogen) atoms. The largest absolute Gasteiger partial charge is 0.316 e. The molecule has 1 rings (SSSR count). The SMILES string of the molecule is CC(=CCCNCC(C)C)c1ccc(F)c(F)c1. The fraction of sp³-hybridized carbons (Fsp3) is 0.467. The number of nitrogens with one attached hydrogen (secondary N) is 1. The third-order valence-corrected chi connectivity index (χ3v) is 2.70. The number of hydrogen-bond acceptors (Lipinski definition) is 1. The van der Waals surface area contributed by atoms with Crippen molar-refractivity contribution < 1.29 is 8.78 Å². The van der Waals surface area contributed by atoms with E-state index in [1.165, 1.54) is 12.1 Å². The summed E-state index contributed by atoms with van der Waals surface area (Å²) in [7, 11) is 0. The van der Waals surface area contributed by atoms with Crippen LogP contribution in [0.1, 0.15) is 32.8 Å². The van der Waals surface area contributed by atoms with E-state index in [0.29, 0.717) is 5.92 Å². The summed E-state index contributed by atoms with van der Waals surface area (Å²) in [6.45, 7) is 8.14. The summed E-state index contributed by atoms with van der Waals surface area (Å²) >= 11 is 0. The average Bonchev–Trinajstić information content (AvgIpc) is 2.31. The monoisotopic (exact) mass is 253 g/mol. The van der Waals surface area contributed by atoms with Crippen molar-refractivity contribution in [2.75, 3.05) is 13.1 Å². The zero-order chi connectivity index (χ0) is 13.5. The van der Waals surface area contributed by atoms with Crippen molar-refractivity contribution in [1.29, 1.82) is 0 Å². The molecule has 0 atom stereocenters. The summed E-state index contributed by atoms with van der Waals surface area (Å²) in [6.07, 6.45) is 2.93. The third kappa shape index (κ3) is 4.96. The maximum Gasteiger partial charge on any atom is 0.159 e. The second kappa shape index (κ2) is 7.27. The summed E-state index contributed by atoms with van der Waals surface area (Å²) in [5.74, 6) is -0.954. The quantitative estimate of drug-likeness (QED) is 0.755. The topological polar surface area (TPSA) is 12.0 Å². The maximum atomic E-state index is 13.1. The predicted octanol–water partition coefficient (Wildman–Crippen LogP) is 4.00. The number of allylic oxidation sites excluding steroid dienone is 1. The van der Waals surface area contributed by atoms with E-state index in [2.05, 4.69) is 19.2 Å². The molecule has 0 radical (unpaired) electrons. The minimum atomic E-state index is -0.801. The van der Waals surface area contributed by atoms with Gasteiger partial charge in [-0.25, -0.2) is 8.78 Å². The van der Waals surface area contributed by atoms with Crippen LogP contribution in [0, 0.1) is 17.6 Å². The lowest BCUT2D eigenvalue weighted by Crippen LogP contribution is -2.20. The lowest BCUT2D eigenvalue weighted by atomic mass is 10.1. The van der Waals surface area contributed by atoms with Crippen LogP contribution in [-0.2, 0) is 0 Å². The molecular formula is C15H21F2N. The highest BCUT2D eigenvalue weighted by atomic mass is 19.2. The van der Waals surface area contributed by atoms with E-state index in [9.17, 15) is 8.78 Å². The molecule has 1 aromatic rings. The molecule has 0 fully saturated rings. The molecule has 0 unspecified atom stereocenters. The molecule has 0 amide bonds. The van der Waals surface area contributed by atoms with Crippen molar-refractivity contribution in [3.05, 3.63) is 41.5 Å². The van der Waals surface area contributed by atoms with Crippen LogP contribution in [0.5, 0.6) is 0 Å². The molecule has 0 aliphatic carbocycles. The molecule has 1 N–H and O–H groups in total. The molecule has 0 spiro atoms. The Labute approximate surface area is 108 Å². The van der Waals surface area contributed by atoms with E-state index in [0.717, 1.165) is 30.6 Å². The second-order valence-electron chi connectivity index (χ2n) is 4.90. The molecule has 1 nitrogen and oxygen atoms in total. The number of rotatable bonds is 6. The number of benzene rings is 1. The molecule has 0 aliphatic heterocycles. The van der Waals surface area contributed by atoms with Gasteiger partial charge in [0.25, 0.3) is 0 Å². The molecule has 3 heteroatoms. The van der Waals surface area contributed by atoms with Crippen LogP contribution in [0.3, 0.4) is 0 Å². The highest BCUT2D eigenvalue weighted by Crippen LogP contribution is 2.17. The molecule has 0 saturated carbocycles. The van der Waals surface area contributed by atoms with Crippen LogP contribution in [-0.4, -0.2) is 13.1 Å². The summed E-state index contributed by atoms with van der Waals surface area (Å²) < 4.78 is 25.8. The van der Waals surface area contributed by atoms with E-state index in [1.807, 2.05) is 13.0 Å². The van der Waals surface area contributed by atoms with Crippen molar-refractivity contribution in [3.63, 3.8) is 0 Å². The molecule has 100 valence electrons. The summed E-state index contributed by atoms with van der Waals surface area (Å²) in [6, 6.07) is 4.01. The van der Waals surface area contributed by atoms with Gasteiger partial charge in [-0.05, 0) is 55.6 Å². The van der Waals surface area contributed by atoms with Crippen LogP contribution in [0.25, 0.3) is 5.57 Å². The smallest absolute Gasteiger partial charge is 0.159 e. The Hall–Kier alpha value is -1.22. The molecule has 0 saturated heterocycles. The standard InChI is InChI=1S/C15H21F2N/c1-11(2)10-18-8-4-5-12(3)13-6-7-14(16)15(17)9-13/h5-7,9,11,18H,4,8,10H2,1-3H3. The van der Waals surface area contributed by atoms with E-state index < -0.39 is 11.6 Å². The Morgan fingerprint density at radius 3 is 2.61 bits per heavy atom. The minimum absolute atomic E-state index is 0.640. The van der Waals surface area contributed by atoms with Gasteiger partial charge in [0.05, 0.1) is 0 Å². The Morgan fingerprint density at radius 1 is 1.28 bits per heavy atom. The van der Waals surface area contributed by atoms with Gasteiger partial charge >= 0.3 is 0 Å². The first-order chi connectivity index (χ1) is 8.50.